The molecule has 0 unspecified atom stereocenters. The topological polar surface area (TPSA) is 147 Å². The number of halogens is 1. The Morgan fingerprint density at radius 3 is 2.89 bits per heavy atom. The third kappa shape index (κ3) is 3.97. The van der Waals surface area contributed by atoms with Crippen LogP contribution in [-0.2, 0) is 4.79 Å². The molecular weight excluding hydrogens is 375 g/mol. The van der Waals surface area contributed by atoms with Gasteiger partial charge in [-0.05, 0) is 24.6 Å². The molecule has 140 valence electrons. The minimum atomic E-state index is -1.41. The number of hydrogen-bond acceptors (Lipinski definition) is 7. The van der Waals surface area contributed by atoms with Gasteiger partial charge in [0.25, 0.3) is 0 Å². The number of thioether (sulfide) groups is 1. The molecule has 2 heterocycles. The van der Waals surface area contributed by atoms with Crippen molar-refractivity contribution in [1.82, 2.24) is 19.9 Å². The van der Waals surface area contributed by atoms with E-state index in [1.54, 1.807) is 0 Å². The van der Waals surface area contributed by atoms with Gasteiger partial charge in [0.05, 0.1) is 17.1 Å². The van der Waals surface area contributed by atoms with Crippen molar-refractivity contribution in [2.75, 3.05) is 11.1 Å². The van der Waals surface area contributed by atoms with Crippen molar-refractivity contribution in [2.24, 2.45) is 0 Å². The molecule has 0 saturated carbocycles. The molecule has 5 N–H and O–H groups in total. The molecule has 0 fully saturated rings. The third-order valence-electron chi connectivity index (χ3n) is 3.65. The van der Waals surface area contributed by atoms with Crippen LogP contribution in [0, 0.1) is 5.82 Å². The van der Waals surface area contributed by atoms with Crippen molar-refractivity contribution < 1.29 is 19.1 Å². The fraction of sp³-hybridized carbons (Fsp3) is 0.188. The second-order valence-electron chi connectivity index (χ2n) is 5.49. The Morgan fingerprint density at radius 1 is 1.41 bits per heavy atom. The summed E-state index contributed by atoms with van der Waals surface area (Å²) < 4.78 is 13.5. The Labute approximate surface area is 156 Å². The van der Waals surface area contributed by atoms with E-state index in [1.165, 1.54) is 24.2 Å². The summed E-state index contributed by atoms with van der Waals surface area (Å²) in [6.07, 6.45) is 1.92. The standard InChI is InChI=1S/C16H15FN6O3S/c1-2-10(27-14-11-12(20-6-19-11)22-16(18)23-14)13(24)21-7-3-4-9(17)8(5-7)15(25)26/h3-6,10H,2H2,1H3,(H,21,24)(H,25,26)(H3,18,19,20,22,23)/t10-/m0/s1. The lowest BCUT2D eigenvalue weighted by atomic mass is 10.2. The number of carbonyl (C=O) groups excluding carboxylic acids is 1. The number of carbonyl (C=O) groups is 2. The Morgan fingerprint density at radius 2 is 2.19 bits per heavy atom. The minimum absolute atomic E-state index is 0.0389. The van der Waals surface area contributed by atoms with Gasteiger partial charge in [0.15, 0.2) is 5.65 Å². The molecule has 2 aromatic heterocycles. The van der Waals surface area contributed by atoms with Gasteiger partial charge in [0, 0.05) is 5.69 Å². The molecule has 0 saturated heterocycles. The molecule has 0 spiro atoms. The van der Waals surface area contributed by atoms with Crippen LogP contribution in [-0.4, -0.2) is 42.2 Å². The van der Waals surface area contributed by atoms with E-state index in [9.17, 15) is 14.0 Å². The van der Waals surface area contributed by atoms with Gasteiger partial charge < -0.3 is 21.1 Å². The van der Waals surface area contributed by atoms with Gasteiger partial charge in [-0.25, -0.2) is 19.2 Å². The van der Waals surface area contributed by atoms with E-state index in [-0.39, 0.29) is 17.5 Å². The molecular formula is C16H15FN6O3S. The number of amides is 1. The van der Waals surface area contributed by atoms with Gasteiger partial charge in [-0.1, -0.05) is 18.7 Å². The zero-order valence-corrected chi connectivity index (χ0v) is 14.9. The zero-order chi connectivity index (χ0) is 19.6. The molecule has 3 aromatic rings. The van der Waals surface area contributed by atoms with Crippen molar-refractivity contribution in [3.8, 4) is 0 Å². The summed E-state index contributed by atoms with van der Waals surface area (Å²) >= 11 is 1.17. The number of aromatic carboxylic acids is 1. The van der Waals surface area contributed by atoms with E-state index in [0.29, 0.717) is 22.6 Å². The van der Waals surface area contributed by atoms with Crippen LogP contribution in [0.4, 0.5) is 16.0 Å². The lowest BCUT2D eigenvalue weighted by molar-refractivity contribution is -0.115. The van der Waals surface area contributed by atoms with E-state index >= 15 is 0 Å². The van der Waals surface area contributed by atoms with Gasteiger partial charge in [0.2, 0.25) is 11.9 Å². The van der Waals surface area contributed by atoms with Crippen LogP contribution in [0.2, 0.25) is 0 Å². The Kier molecular flexibility index (Phi) is 5.21. The number of hydrogen-bond donors (Lipinski definition) is 4. The number of aromatic amines is 1. The Hall–Kier alpha value is -3.21. The van der Waals surface area contributed by atoms with E-state index in [0.717, 1.165) is 12.1 Å². The third-order valence-corrected chi connectivity index (χ3v) is 5.00. The van der Waals surface area contributed by atoms with Crippen LogP contribution < -0.4 is 11.1 Å². The normalized spacial score (nSPS) is 12.1. The number of aromatic nitrogens is 4. The molecule has 1 amide bonds. The van der Waals surface area contributed by atoms with E-state index in [2.05, 4.69) is 25.3 Å². The van der Waals surface area contributed by atoms with Crippen LogP contribution in [0.5, 0.6) is 0 Å². The van der Waals surface area contributed by atoms with Gasteiger partial charge in [-0.15, -0.1) is 0 Å². The molecule has 0 aliphatic carbocycles. The number of carboxylic acid groups (broad SMARTS) is 1. The number of nitrogen functional groups attached to an aromatic ring is 1. The van der Waals surface area contributed by atoms with Gasteiger partial charge >= 0.3 is 5.97 Å². The summed E-state index contributed by atoms with van der Waals surface area (Å²) in [4.78, 5) is 38.7. The number of nitrogens with two attached hydrogens (primary N) is 1. The molecule has 0 bridgehead atoms. The van der Waals surface area contributed by atoms with Gasteiger partial charge in [-0.2, -0.15) is 4.98 Å². The maximum absolute atomic E-state index is 13.5. The van der Waals surface area contributed by atoms with E-state index < -0.39 is 22.6 Å². The van der Waals surface area contributed by atoms with Crippen molar-refractivity contribution >= 4 is 46.4 Å². The summed E-state index contributed by atoms with van der Waals surface area (Å²) in [6, 6.07) is 3.36. The smallest absolute Gasteiger partial charge is 0.338 e. The number of anilines is 2. The van der Waals surface area contributed by atoms with Crippen molar-refractivity contribution in [1.29, 1.82) is 0 Å². The Bertz CT molecular complexity index is 1020. The molecule has 11 heteroatoms. The quantitative estimate of drug-likeness (QED) is 0.370. The number of rotatable bonds is 6. The lowest BCUT2D eigenvalue weighted by Crippen LogP contribution is -2.25. The van der Waals surface area contributed by atoms with E-state index in [4.69, 9.17) is 10.8 Å². The number of nitrogens with one attached hydrogen (secondary N) is 2. The highest BCUT2D eigenvalue weighted by Crippen LogP contribution is 2.30. The predicted octanol–water partition coefficient (Wildman–Crippen LogP) is 2.28. The van der Waals surface area contributed by atoms with E-state index in [1.807, 2.05) is 6.92 Å². The molecule has 1 aromatic carbocycles. The summed E-state index contributed by atoms with van der Waals surface area (Å²) in [6.45, 7) is 1.82. The first-order valence-corrected chi connectivity index (χ1v) is 8.74. The second kappa shape index (κ2) is 7.58. The molecule has 0 aliphatic heterocycles. The second-order valence-corrected chi connectivity index (χ2v) is 6.68. The summed E-state index contributed by atoms with van der Waals surface area (Å²) in [5.41, 5.74) is 6.31. The van der Waals surface area contributed by atoms with Crippen LogP contribution in [0.3, 0.4) is 0 Å². The summed E-state index contributed by atoms with van der Waals surface area (Å²) in [5.74, 6) is -2.63. The molecule has 0 radical (unpaired) electrons. The maximum Gasteiger partial charge on any atom is 0.338 e. The highest BCUT2D eigenvalue weighted by Gasteiger charge is 2.22. The van der Waals surface area contributed by atoms with Gasteiger partial charge in [-0.3, -0.25) is 4.79 Å². The number of benzene rings is 1. The predicted molar refractivity (Wildman–Crippen MR) is 98.0 cm³/mol. The average Bonchev–Trinajstić information content (AvgIpc) is 3.09. The number of imidazole rings is 1. The Balaban J connectivity index is 1.81. The van der Waals surface area contributed by atoms with Crippen molar-refractivity contribution in [2.45, 2.75) is 23.6 Å². The van der Waals surface area contributed by atoms with Crippen LogP contribution >= 0.6 is 11.8 Å². The highest BCUT2D eigenvalue weighted by atomic mass is 32.2. The number of fused-ring (bicyclic) bond motifs is 1. The summed E-state index contributed by atoms with van der Waals surface area (Å²) in [5, 5.41) is 11.5. The number of carboxylic acids is 1. The fourth-order valence-corrected chi connectivity index (χ4v) is 3.37. The number of nitrogens with zero attached hydrogens (tertiary/aromatic N) is 3. The van der Waals surface area contributed by atoms with Crippen molar-refractivity contribution in [3.63, 3.8) is 0 Å². The zero-order valence-electron chi connectivity index (χ0n) is 14.1. The maximum atomic E-state index is 13.5. The first-order chi connectivity index (χ1) is 12.9. The molecule has 0 aliphatic rings. The van der Waals surface area contributed by atoms with Crippen LogP contribution in [0.25, 0.3) is 11.2 Å². The largest absolute Gasteiger partial charge is 0.478 e. The lowest BCUT2D eigenvalue weighted by Gasteiger charge is -2.15. The van der Waals surface area contributed by atoms with Crippen molar-refractivity contribution in [3.05, 3.63) is 35.9 Å². The molecule has 9 nitrogen and oxygen atoms in total. The first kappa shape index (κ1) is 18.6. The molecule has 1 atom stereocenters. The minimum Gasteiger partial charge on any atom is -0.478 e. The van der Waals surface area contributed by atoms with Gasteiger partial charge in [0.1, 0.15) is 16.4 Å². The molecule has 3 rings (SSSR count). The number of H-pyrrole nitrogens is 1. The SMILES string of the molecule is CC[C@H](Sc1nc(N)nc2nc[nH]c12)C(=O)Nc1ccc(F)c(C(=O)O)c1. The first-order valence-electron chi connectivity index (χ1n) is 7.86. The van der Waals surface area contributed by atoms with Crippen LogP contribution in [0.1, 0.15) is 23.7 Å². The highest BCUT2D eigenvalue weighted by molar-refractivity contribution is 8.00. The van der Waals surface area contributed by atoms with Crippen LogP contribution in [0.15, 0.2) is 29.6 Å². The molecule has 27 heavy (non-hydrogen) atoms. The average molecular weight is 390 g/mol. The monoisotopic (exact) mass is 390 g/mol. The fourth-order valence-electron chi connectivity index (χ4n) is 2.35. The summed E-state index contributed by atoms with van der Waals surface area (Å²) in [7, 11) is 0.